The van der Waals surface area contributed by atoms with E-state index in [1.807, 2.05) is 30.3 Å². The molecule has 0 atom stereocenters. The zero-order valence-corrected chi connectivity index (χ0v) is 10.2. The molecule has 2 nitrogen and oxygen atoms in total. The third-order valence-corrected chi connectivity index (χ3v) is 3.03. The van der Waals surface area contributed by atoms with Gasteiger partial charge in [0.2, 0.25) is 0 Å². The Hall–Kier alpha value is -2.22. The molecule has 0 aromatic heterocycles. The minimum atomic E-state index is 0.809. The van der Waals surface area contributed by atoms with E-state index in [4.69, 9.17) is 9.47 Å². The van der Waals surface area contributed by atoms with Crippen LogP contribution in [0.4, 0.5) is 0 Å². The molecular formula is C16H14O2. The molecule has 0 unspecified atom stereocenters. The van der Waals surface area contributed by atoms with Crippen molar-refractivity contribution in [2.24, 2.45) is 0 Å². The Kier molecular flexibility index (Phi) is 2.77. The Balaban J connectivity index is 1.79. The molecule has 0 aliphatic heterocycles. The van der Waals surface area contributed by atoms with E-state index in [0.717, 1.165) is 23.7 Å². The lowest BCUT2D eigenvalue weighted by atomic mass is 10.1. The van der Waals surface area contributed by atoms with Gasteiger partial charge in [0, 0.05) is 12.5 Å². The van der Waals surface area contributed by atoms with Gasteiger partial charge >= 0.3 is 0 Å². The van der Waals surface area contributed by atoms with Crippen molar-refractivity contribution in [3.05, 3.63) is 65.4 Å². The molecule has 0 saturated heterocycles. The van der Waals surface area contributed by atoms with Crippen LogP contribution in [-0.2, 0) is 6.42 Å². The second kappa shape index (κ2) is 4.57. The second-order valence-corrected chi connectivity index (χ2v) is 4.27. The molecule has 0 radical (unpaired) electrons. The number of hydrogen-bond donors (Lipinski definition) is 0. The van der Waals surface area contributed by atoms with Gasteiger partial charge in [-0.2, -0.15) is 0 Å². The van der Waals surface area contributed by atoms with Gasteiger partial charge in [0.1, 0.15) is 17.3 Å². The fraction of sp³-hybridized carbons (Fsp3) is 0.125. The lowest BCUT2D eigenvalue weighted by Crippen LogP contribution is -1.95. The van der Waals surface area contributed by atoms with Crippen molar-refractivity contribution in [3.8, 4) is 11.5 Å². The Morgan fingerprint density at radius 3 is 2.61 bits per heavy atom. The van der Waals surface area contributed by atoms with Gasteiger partial charge in [-0.1, -0.05) is 30.3 Å². The summed E-state index contributed by atoms with van der Waals surface area (Å²) in [6.45, 7) is 0. The normalized spacial score (nSPS) is 12.8. The van der Waals surface area contributed by atoms with Gasteiger partial charge in [-0.25, -0.2) is 0 Å². The molecule has 2 aromatic rings. The van der Waals surface area contributed by atoms with E-state index >= 15 is 0 Å². The molecule has 1 aliphatic carbocycles. The van der Waals surface area contributed by atoms with Gasteiger partial charge in [-0.15, -0.1) is 0 Å². The highest BCUT2D eigenvalue weighted by Crippen LogP contribution is 2.28. The van der Waals surface area contributed by atoms with Crippen LogP contribution in [0.3, 0.4) is 0 Å². The van der Waals surface area contributed by atoms with E-state index in [0.29, 0.717) is 0 Å². The first-order valence-corrected chi connectivity index (χ1v) is 5.95. The summed E-state index contributed by atoms with van der Waals surface area (Å²) in [5.74, 6) is 2.60. The Morgan fingerprint density at radius 1 is 0.944 bits per heavy atom. The maximum Gasteiger partial charge on any atom is 0.130 e. The summed E-state index contributed by atoms with van der Waals surface area (Å²) in [6.07, 6.45) is 2.95. The molecule has 0 heterocycles. The van der Waals surface area contributed by atoms with Crippen LogP contribution in [0.2, 0.25) is 0 Å². The van der Waals surface area contributed by atoms with Gasteiger partial charge in [-0.05, 0) is 29.3 Å². The van der Waals surface area contributed by atoms with Crippen molar-refractivity contribution in [1.82, 2.24) is 0 Å². The molecule has 0 spiro atoms. The highest BCUT2D eigenvalue weighted by atomic mass is 16.5. The molecule has 0 fully saturated rings. The minimum absolute atomic E-state index is 0.809. The van der Waals surface area contributed by atoms with Crippen LogP contribution in [0.5, 0.6) is 11.5 Å². The third kappa shape index (κ3) is 2.09. The number of hydrogen-bond acceptors (Lipinski definition) is 2. The van der Waals surface area contributed by atoms with Crippen molar-refractivity contribution in [3.63, 3.8) is 0 Å². The van der Waals surface area contributed by atoms with E-state index in [1.165, 1.54) is 11.1 Å². The number of ether oxygens (including phenoxy) is 2. The molecule has 0 amide bonds. The molecule has 1 aliphatic rings. The first kappa shape index (κ1) is 10.9. The Labute approximate surface area is 106 Å². The SMILES string of the molecule is COc1cccc(OC2=Cc3ccccc3C2)c1. The quantitative estimate of drug-likeness (QED) is 0.812. The first-order valence-electron chi connectivity index (χ1n) is 5.95. The average Bonchev–Trinajstić information content (AvgIpc) is 2.81. The summed E-state index contributed by atoms with van der Waals surface area (Å²) < 4.78 is 11.1. The van der Waals surface area contributed by atoms with E-state index in [9.17, 15) is 0 Å². The Morgan fingerprint density at radius 2 is 1.78 bits per heavy atom. The van der Waals surface area contributed by atoms with Crippen molar-refractivity contribution >= 4 is 6.08 Å². The largest absolute Gasteiger partial charge is 0.497 e. The topological polar surface area (TPSA) is 18.5 Å². The number of benzene rings is 2. The van der Waals surface area contributed by atoms with E-state index in [1.54, 1.807) is 7.11 Å². The van der Waals surface area contributed by atoms with Gasteiger partial charge in [0.25, 0.3) is 0 Å². The highest BCUT2D eigenvalue weighted by molar-refractivity contribution is 5.62. The zero-order chi connectivity index (χ0) is 12.4. The molecule has 0 saturated carbocycles. The summed E-state index contributed by atoms with van der Waals surface area (Å²) in [5.41, 5.74) is 2.56. The monoisotopic (exact) mass is 238 g/mol. The van der Waals surface area contributed by atoms with Crippen LogP contribution in [0.1, 0.15) is 11.1 Å². The fourth-order valence-electron chi connectivity index (χ4n) is 2.13. The predicted molar refractivity (Wildman–Crippen MR) is 71.7 cm³/mol. The number of allylic oxidation sites excluding steroid dienone is 1. The van der Waals surface area contributed by atoms with Crippen LogP contribution < -0.4 is 9.47 Å². The Bertz CT molecular complexity index is 600. The summed E-state index contributed by atoms with van der Waals surface area (Å²) in [4.78, 5) is 0. The summed E-state index contributed by atoms with van der Waals surface area (Å²) in [7, 11) is 1.66. The van der Waals surface area contributed by atoms with E-state index in [2.05, 4.69) is 24.3 Å². The van der Waals surface area contributed by atoms with E-state index < -0.39 is 0 Å². The van der Waals surface area contributed by atoms with Crippen LogP contribution in [0.15, 0.2) is 54.3 Å². The fourth-order valence-corrected chi connectivity index (χ4v) is 2.13. The predicted octanol–water partition coefficient (Wildman–Crippen LogP) is 3.67. The smallest absolute Gasteiger partial charge is 0.130 e. The van der Waals surface area contributed by atoms with Crippen LogP contribution in [0.25, 0.3) is 6.08 Å². The number of methoxy groups -OCH3 is 1. The molecule has 2 aromatic carbocycles. The van der Waals surface area contributed by atoms with Crippen molar-refractivity contribution in [2.45, 2.75) is 6.42 Å². The van der Waals surface area contributed by atoms with Gasteiger partial charge in [-0.3, -0.25) is 0 Å². The first-order chi connectivity index (χ1) is 8.85. The standard InChI is InChI=1S/C16H14O2/c1-17-14-7-4-8-15(11-14)18-16-9-12-5-2-3-6-13(12)10-16/h2-9,11H,10H2,1H3. The molecule has 18 heavy (non-hydrogen) atoms. The average molecular weight is 238 g/mol. The van der Waals surface area contributed by atoms with Crippen LogP contribution in [-0.4, -0.2) is 7.11 Å². The molecule has 0 N–H and O–H groups in total. The maximum absolute atomic E-state index is 5.88. The van der Waals surface area contributed by atoms with Gasteiger partial charge in [0.15, 0.2) is 0 Å². The summed E-state index contributed by atoms with van der Waals surface area (Å²) in [6, 6.07) is 16.0. The lowest BCUT2D eigenvalue weighted by molar-refractivity contribution is 0.398. The minimum Gasteiger partial charge on any atom is -0.497 e. The summed E-state index contributed by atoms with van der Waals surface area (Å²) >= 11 is 0. The molecule has 0 bridgehead atoms. The van der Waals surface area contributed by atoms with Crippen LogP contribution in [0, 0.1) is 0 Å². The third-order valence-electron chi connectivity index (χ3n) is 3.03. The summed E-state index contributed by atoms with van der Waals surface area (Å²) in [5, 5.41) is 0. The highest BCUT2D eigenvalue weighted by Gasteiger charge is 2.13. The molecule has 3 rings (SSSR count). The number of fused-ring (bicyclic) bond motifs is 1. The van der Waals surface area contributed by atoms with Crippen molar-refractivity contribution < 1.29 is 9.47 Å². The van der Waals surface area contributed by atoms with Gasteiger partial charge in [0.05, 0.1) is 7.11 Å². The van der Waals surface area contributed by atoms with E-state index in [-0.39, 0.29) is 0 Å². The molecule has 2 heteroatoms. The molecular weight excluding hydrogens is 224 g/mol. The lowest BCUT2D eigenvalue weighted by Gasteiger charge is -2.07. The van der Waals surface area contributed by atoms with Crippen LogP contribution >= 0.6 is 0 Å². The second-order valence-electron chi connectivity index (χ2n) is 4.27. The van der Waals surface area contributed by atoms with Crippen molar-refractivity contribution in [1.29, 1.82) is 0 Å². The number of rotatable bonds is 3. The zero-order valence-electron chi connectivity index (χ0n) is 10.2. The maximum atomic E-state index is 5.88. The van der Waals surface area contributed by atoms with Gasteiger partial charge < -0.3 is 9.47 Å². The van der Waals surface area contributed by atoms with Crippen molar-refractivity contribution in [2.75, 3.05) is 7.11 Å². The molecule has 90 valence electrons.